The van der Waals surface area contributed by atoms with E-state index in [-0.39, 0.29) is 42.0 Å². The third kappa shape index (κ3) is 2.59. The van der Waals surface area contributed by atoms with Crippen molar-refractivity contribution in [3.63, 3.8) is 0 Å². The summed E-state index contributed by atoms with van der Waals surface area (Å²) < 4.78 is 7.12. The van der Waals surface area contributed by atoms with Gasteiger partial charge in [0, 0.05) is 18.6 Å². The molecule has 0 unspecified atom stereocenters. The topological polar surface area (TPSA) is 29.3 Å². The minimum atomic E-state index is -0.372. The van der Waals surface area contributed by atoms with Crippen molar-refractivity contribution in [2.75, 3.05) is 13.7 Å². The summed E-state index contributed by atoms with van der Waals surface area (Å²) in [6, 6.07) is 5.64. The summed E-state index contributed by atoms with van der Waals surface area (Å²) in [6.45, 7) is 6.42. The molecular formula is C16H18INO2. The van der Waals surface area contributed by atoms with Crippen molar-refractivity contribution in [2.24, 2.45) is 0 Å². The fourth-order valence-electron chi connectivity index (χ4n) is 2.44. The van der Waals surface area contributed by atoms with E-state index in [4.69, 9.17) is 11.2 Å². The van der Waals surface area contributed by atoms with Crippen LogP contribution in [0.4, 0.5) is 5.69 Å². The second-order valence-electron chi connectivity index (χ2n) is 5.28. The second kappa shape index (κ2) is 5.96. The van der Waals surface area contributed by atoms with E-state index in [2.05, 4.69) is 31.3 Å². The van der Waals surface area contributed by atoms with Crippen molar-refractivity contribution in [1.29, 1.82) is 0 Å². The highest BCUT2D eigenvalue weighted by Gasteiger charge is 2.41. The number of halogens is 1. The Kier molecular flexibility index (Phi) is 4.98. The molecule has 0 spiro atoms. The molecule has 1 aromatic carbocycles. The number of carbonyl (C=O) groups is 1. The SMILES string of the molecule is C#CCOC(=O)c1ccc2c(c1)C(C)(C)C(C)=[N+]2C.[I-]. The highest BCUT2D eigenvalue weighted by molar-refractivity contribution is 5.96. The molecule has 4 heteroatoms. The Hall–Kier alpha value is -1.35. The lowest BCUT2D eigenvalue weighted by atomic mass is 9.81. The molecule has 0 amide bonds. The van der Waals surface area contributed by atoms with Crippen LogP contribution in [0.2, 0.25) is 0 Å². The molecule has 1 heterocycles. The van der Waals surface area contributed by atoms with Crippen LogP contribution < -0.4 is 24.0 Å². The molecule has 1 aliphatic rings. The van der Waals surface area contributed by atoms with Crippen LogP contribution in [0.25, 0.3) is 0 Å². The number of ether oxygens (including phenoxy) is 1. The normalized spacial score (nSPS) is 15.2. The molecule has 0 saturated heterocycles. The van der Waals surface area contributed by atoms with Gasteiger partial charge in [-0.2, -0.15) is 0 Å². The molecule has 106 valence electrons. The van der Waals surface area contributed by atoms with E-state index in [1.807, 2.05) is 19.2 Å². The Bertz CT molecular complexity index is 624. The number of hydrogen-bond donors (Lipinski definition) is 0. The minimum Gasteiger partial charge on any atom is -1.00 e. The van der Waals surface area contributed by atoms with Crippen molar-refractivity contribution < 1.29 is 38.1 Å². The van der Waals surface area contributed by atoms with Crippen molar-refractivity contribution in [1.82, 2.24) is 0 Å². The molecule has 3 nitrogen and oxygen atoms in total. The molecule has 0 atom stereocenters. The van der Waals surface area contributed by atoms with Gasteiger partial charge in [0.15, 0.2) is 12.3 Å². The Morgan fingerprint density at radius 2 is 2.10 bits per heavy atom. The number of esters is 1. The van der Waals surface area contributed by atoms with Gasteiger partial charge in [0.25, 0.3) is 0 Å². The van der Waals surface area contributed by atoms with Crippen LogP contribution >= 0.6 is 0 Å². The molecule has 20 heavy (non-hydrogen) atoms. The van der Waals surface area contributed by atoms with Crippen molar-refractivity contribution in [2.45, 2.75) is 26.2 Å². The van der Waals surface area contributed by atoms with Gasteiger partial charge in [-0.25, -0.2) is 9.37 Å². The fraction of sp³-hybridized carbons (Fsp3) is 0.375. The van der Waals surface area contributed by atoms with Gasteiger partial charge < -0.3 is 28.7 Å². The number of benzene rings is 1. The first-order chi connectivity index (χ1) is 8.89. The maximum Gasteiger partial charge on any atom is 0.339 e. The largest absolute Gasteiger partial charge is 1.00 e. The maximum atomic E-state index is 11.8. The Labute approximate surface area is 137 Å². The summed E-state index contributed by atoms with van der Waals surface area (Å²) in [5, 5.41) is 0. The van der Waals surface area contributed by atoms with Crippen molar-refractivity contribution in [3.8, 4) is 12.3 Å². The summed E-state index contributed by atoms with van der Waals surface area (Å²) in [5.41, 5.74) is 4.01. The molecule has 0 fully saturated rings. The first-order valence-corrected chi connectivity index (χ1v) is 6.22. The molecule has 0 aliphatic carbocycles. The number of fused-ring (bicyclic) bond motifs is 1. The molecule has 0 N–H and O–H groups in total. The lowest BCUT2D eigenvalue weighted by molar-refractivity contribution is -0.403. The lowest BCUT2D eigenvalue weighted by Gasteiger charge is -2.15. The van der Waals surface area contributed by atoms with Crippen LogP contribution in [0.3, 0.4) is 0 Å². The molecular weight excluding hydrogens is 365 g/mol. The number of terminal acetylenes is 1. The molecule has 0 radical (unpaired) electrons. The first kappa shape index (κ1) is 16.7. The molecule has 0 aromatic heterocycles. The van der Waals surface area contributed by atoms with Gasteiger partial charge in [0.1, 0.15) is 7.05 Å². The Morgan fingerprint density at radius 3 is 2.70 bits per heavy atom. The summed E-state index contributed by atoms with van der Waals surface area (Å²) in [6.07, 6.45) is 5.09. The van der Waals surface area contributed by atoms with Crippen LogP contribution in [0.5, 0.6) is 0 Å². The molecule has 0 bridgehead atoms. The zero-order valence-electron chi connectivity index (χ0n) is 12.2. The molecule has 1 aromatic rings. The Balaban J connectivity index is 0.00000200. The molecule has 0 saturated carbocycles. The monoisotopic (exact) mass is 383 g/mol. The van der Waals surface area contributed by atoms with Crippen molar-refractivity contribution in [3.05, 3.63) is 29.3 Å². The van der Waals surface area contributed by atoms with E-state index in [1.165, 1.54) is 5.71 Å². The third-order valence-electron chi connectivity index (χ3n) is 3.96. The lowest BCUT2D eigenvalue weighted by Crippen LogP contribution is -3.00. The fourth-order valence-corrected chi connectivity index (χ4v) is 2.44. The van der Waals surface area contributed by atoms with Crippen molar-refractivity contribution >= 4 is 17.4 Å². The summed E-state index contributed by atoms with van der Waals surface area (Å²) in [4.78, 5) is 11.8. The zero-order valence-corrected chi connectivity index (χ0v) is 14.3. The van der Waals surface area contributed by atoms with E-state index >= 15 is 0 Å². The smallest absolute Gasteiger partial charge is 0.339 e. The predicted octanol–water partition coefficient (Wildman–Crippen LogP) is -0.493. The number of carbonyl (C=O) groups excluding carboxylic acids is 1. The quantitative estimate of drug-likeness (QED) is 0.299. The summed E-state index contributed by atoms with van der Waals surface area (Å²) in [5.74, 6) is 1.92. The second-order valence-corrected chi connectivity index (χ2v) is 5.28. The van der Waals surface area contributed by atoms with Gasteiger partial charge >= 0.3 is 5.97 Å². The first-order valence-electron chi connectivity index (χ1n) is 6.22. The van der Waals surface area contributed by atoms with Crippen LogP contribution in [-0.4, -0.2) is 29.9 Å². The highest BCUT2D eigenvalue weighted by atomic mass is 127. The van der Waals surface area contributed by atoms with Gasteiger partial charge in [0.05, 0.1) is 11.0 Å². The van der Waals surface area contributed by atoms with E-state index in [0.29, 0.717) is 5.56 Å². The van der Waals surface area contributed by atoms with E-state index in [9.17, 15) is 4.79 Å². The summed E-state index contributed by atoms with van der Waals surface area (Å²) >= 11 is 0. The van der Waals surface area contributed by atoms with E-state index < -0.39 is 0 Å². The van der Waals surface area contributed by atoms with Gasteiger partial charge in [-0.05, 0) is 26.0 Å². The predicted molar refractivity (Wildman–Crippen MR) is 75.1 cm³/mol. The number of nitrogens with zero attached hydrogens (tertiary/aromatic N) is 1. The molecule has 1 aliphatic heterocycles. The average molecular weight is 383 g/mol. The number of hydrogen-bond acceptors (Lipinski definition) is 2. The number of rotatable bonds is 2. The van der Waals surface area contributed by atoms with Crippen LogP contribution in [0.15, 0.2) is 18.2 Å². The highest BCUT2D eigenvalue weighted by Crippen LogP contribution is 2.39. The maximum absolute atomic E-state index is 11.8. The van der Waals surface area contributed by atoms with Crippen LogP contribution in [0.1, 0.15) is 36.7 Å². The standard InChI is InChI=1S/C16H18NO2.HI/c1-6-9-19-15(18)12-7-8-14-13(10-12)16(3,4)11(2)17(14)5;/h1,7-8,10H,9H2,2-5H3;1H/q+1;/p-1. The molecule has 2 rings (SSSR count). The van der Waals surface area contributed by atoms with Gasteiger partial charge in [-0.1, -0.05) is 5.92 Å². The average Bonchev–Trinajstić information content (AvgIpc) is 2.57. The van der Waals surface area contributed by atoms with Crippen LogP contribution in [-0.2, 0) is 10.2 Å². The zero-order chi connectivity index (χ0) is 14.2. The van der Waals surface area contributed by atoms with E-state index in [1.54, 1.807) is 6.07 Å². The van der Waals surface area contributed by atoms with Gasteiger partial charge in [0.2, 0.25) is 5.69 Å². The van der Waals surface area contributed by atoms with Crippen LogP contribution in [0, 0.1) is 12.3 Å². The Morgan fingerprint density at radius 1 is 1.45 bits per heavy atom. The summed E-state index contributed by atoms with van der Waals surface area (Å²) in [7, 11) is 2.04. The van der Waals surface area contributed by atoms with E-state index in [0.717, 1.165) is 11.3 Å². The van der Waals surface area contributed by atoms with Gasteiger partial charge in [-0.3, -0.25) is 0 Å². The third-order valence-corrected chi connectivity index (χ3v) is 3.96. The minimum absolute atomic E-state index is 0. The van der Waals surface area contributed by atoms with Gasteiger partial charge in [-0.15, -0.1) is 6.42 Å².